The van der Waals surface area contributed by atoms with Gasteiger partial charge < -0.3 is 10.6 Å². The maximum Gasteiger partial charge on any atom is 0.220 e. The summed E-state index contributed by atoms with van der Waals surface area (Å²) in [5, 5.41) is 15.0. The maximum absolute atomic E-state index is 10.9. The summed E-state index contributed by atoms with van der Waals surface area (Å²) in [6, 6.07) is 2.66. The zero-order chi connectivity index (χ0) is 10.7. The molecule has 2 N–H and O–H groups in total. The lowest BCUT2D eigenvalue weighted by Gasteiger charge is -2.25. The Morgan fingerprint density at radius 3 is 2.93 bits per heavy atom. The van der Waals surface area contributed by atoms with Crippen molar-refractivity contribution in [1.29, 1.82) is 5.26 Å². The first-order valence-electron chi connectivity index (χ1n) is 5.61. The van der Waals surface area contributed by atoms with Crippen LogP contribution in [0.3, 0.4) is 0 Å². The number of amides is 1. The first-order chi connectivity index (χ1) is 7.24. The van der Waals surface area contributed by atoms with Crippen molar-refractivity contribution in [1.82, 2.24) is 10.6 Å². The molecule has 15 heavy (non-hydrogen) atoms. The number of nitriles is 1. The summed E-state index contributed by atoms with van der Waals surface area (Å²) in [4.78, 5) is 10.9. The van der Waals surface area contributed by atoms with E-state index in [-0.39, 0.29) is 11.3 Å². The van der Waals surface area contributed by atoms with Gasteiger partial charge in [0.15, 0.2) is 0 Å². The van der Waals surface area contributed by atoms with Crippen molar-refractivity contribution in [3.63, 3.8) is 0 Å². The lowest BCUT2D eigenvalue weighted by Crippen LogP contribution is -2.47. The molecule has 2 aliphatic rings. The van der Waals surface area contributed by atoms with Crippen LogP contribution in [0.5, 0.6) is 0 Å². The third-order valence-corrected chi connectivity index (χ3v) is 3.44. The van der Waals surface area contributed by atoms with Crippen molar-refractivity contribution in [3.8, 4) is 6.07 Å². The van der Waals surface area contributed by atoms with E-state index in [1.165, 1.54) is 12.8 Å². The van der Waals surface area contributed by atoms with Crippen molar-refractivity contribution in [2.24, 2.45) is 5.41 Å². The van der Waals surface area contributed by atoms with E-state index in [0.29, 0.717) is 18.9 Å². The molecule has 1 aliphatic carbocycles. The number of carbonyl (C=O) groups is 1. The normalized spacial score (nSPS) is 27.9. The van der Waals surface area contributed by atoms with Gasteiger partial charge in [-0.25, -0.2) is 0 Å². The van der Waals surface area contributed by atoms with E-state index >= 15 is 0 Å². The summed E-state index contributed by atoms with van der Waals surface area (Å²) >= 11 is 0. The van der Waals surface area contributed by atoms with Crippen molar-refractivity contribution in [2.45, 2.75) is 38.1 Å². The highest BCUT2D eigenvalue weighted by molar-refractivity contribution is 5.76. The molecule has 0 bridgehead atoms. The van der Waals surface area contributed by atoms with Crippen LogP contribution >= 0.6 is 0 Å². The summed E-state index contributed by atoms with van der Waals surface area (Å²) in [5.41, 5.74) is 0.260. The summed E-state index contributed by atoms with van der Waals surface area (Å²) in [7, 11) is 0. The van der Waals surface area contributed by atoms with Crippen molar-refractivity contribution < 1.29 is 4.79 Å². The Kier molecular flexibility index (Phi) is 2.92. The molecule has 1 amide bonds. The first-order valence-corrected chi connectivity index (χ1v) is 5.61. The second-order valence-electron chi connectivity index (χ2n) is 4.76. The van der Waals surface area contributed by atoms with Gasteiger partial charge in [0.1, 0.15) is 0 Å². The van der Waals surface area contributed by atoms with Crippen LogP contribution in [-0.4, -0.2) is 25.0 Å². The average molecular weight is 207 g/mol. The van der Waals surface area contributed by atoms with Gasteiger partial charge in [-0.05, 0) is 24.7 Å². The third-order valence-electron chi connectivity index (χ3n) is 3.44. The summed E-state index contributed by atoms with van der Waals surface area (Å²) < 4.78 is 0. The van der Waals surface area contributed by atoms with Crippen molar-refractivity contribution >= 4 is 5.91 Å². The molecule has 0 aromatic heterocycles. The predicted octanol–water partition coefficient (Wildman–Crippen LogP) is 0.548. The minimum absolute atomic E-state index is 0.159. The molecule has 82 valence electrons. The van der Waals surface area contributed by atoms with Gasteiger partial charge in [0, 0.05) is 32.0 Å². The van der Waals surface area contributed by atoms with Crippen LogP contribution in [0, 0.1) is 16.7 Å². The summed E-state index contributed by atoms with van der Waals surface area (Å²) in [6.07, 6.45) is 4.57. The topological polar surface area (TPSA) is 64.9 Å². The van der Waals surface area contributed by atoms with E-state index in [0.717, 1.165) is 19.5 Å². The summed E-state index contributed by atoms with van der Waals surface area (Å²) in [5.74, 6) is 0.159. The van der Waals surface area contributed by atoms with Gasteiger partial charge in [-0.2, -0.15) is 5.26 Å². The third kappa shape index (κ3) is 2.69. The van der Waals surface area contributed by atoms with Gasteiger partial charge in [-0.1, -0.05) is 0 Å². The van der Waals surface area contributed by atoms with Crippen LogP contribution in [-0.2, 0) is 4.79 Å². The fraction of sp³-hybridized carbons (Fsp3) is 0.818. The highest BCUT2D eigenvalue weighted by Crippen LogP contribution is 2.47. The number of nitrogens with one attached hydrogen (secondary N) is 2. The number of carbonyl (C=O) groups excluding carboxylic acids is 1. The van der Waals surface area contributed by atoms with E-state index in [1.807, 2.05) is 0 Å². The Balaban J connectivity index is 1.70. The minimum atomic E-state index is 0.159. The molecular formula is C11H17N3O. The number of hydrogen-bond acceptors (Lipinski definition) is 3. The molecule has 2 fully saturated rings. The van der Waals surface area contributed by atoms with Crippen LogP contribution < -0.4 is 10.6 Å². The Labute approximate surface area is 90.0 Å². The summed E-state index contributed by atoms with van der Waals surface area (Å²) in [6.45, 7) is 1.67. The van der Waals surface area contributed by atoms with Crippen LogP contribution in [0.1, 0.15) is 32.1 Å². The van der Waals surface area contributed by atoms with Gasteiger partial charge in [-0.3, -0.25) is 4.79 Å². The molecule has 4 heteroatoms. The SMILES string of the molecule is N#CCC1(CNC2CCC(=O)NC2)CC1. The molecule has 0 radical (unpaired) electrons. The maximum atomic E-state index is 10.9. The van der Waals surface area contributed by atoms with Crippen molar-refractivity contribution in [2.75, 3.05) is 13.1 Å². The lowest BCUT2D eigenvalue weighted by molar-refractivity contribution is -0.122. The largest absolute Gasteiger partial charge is 0.355 e. The Bertz CT molecular complexity index is 281. The Morgan fingerprint density at radius 2 is 2.40 bits per heavy atom. The first kappa shape index (κ1) is 10.4. The van der Waals surface area contributed by atoms with Crippen LogP contribution in [0.2, 0.25) is 0 Å². The second-order valence-corrected chi connectivity index (χ2v) is 4.76. The van der Waals surface area contributed by atoms with Gasteiger partial charge in [-0.15, -0.1) is 0 Å². The van der Waals surface area contributed by atoms with E-state index in [4.69, 9.17) is 5.26 Å². The van der Waals surface area contributed by atoms with Crippen LogP contribution in [0.25, 0.3) is 0 Å². The molecule has 1 heterocycles. The Hall–Kier alpha value is -1.08. The van der Waals surface area contributed by atoms with Crippen LogP contribution in [0.15, 0.2) is 0 Å². The minimum Gasteiger partial charge on any atom is -0.355 e. The molecule has 4 nitrogen and oxygen atoms in total. The molecule has 0 spiro atoms. The molecule has 2 rings (SSSR count). The smallest absolute Gasteiger partial charge is 0.220 e. The molecule has 1 saturated heterocycles. The molecular weight excluding hydrogens is 190 g/mol. The van der Waals surface area contributed by atoms with Gasteiger partial charge in [0.2, 0.25) is 5.91 Å². The quantitative estimate of drug-likeness (QED) is 0.707. The highest BCUT2D eigenvalue weighted by Gasteiger charge is 2.42. The molecule has 1 saturated carbocycles. The lowest BCUT2D eigenvalue weighted by atomic mass is 10.0. The molecule has 1 atom stereocenters. The molecule has 0 aromatic carbocycles. The highest BCUT2D eigenvalue weighted by atomic mass is 16.1. The van der Waals surface area contributed by atoms with Gasteiger partial charge in [0.25, 0.3) is 0 Å². The number of piperidine rings is 1. The number of rotatable bonds is 4. The van der Waals surface area contributed by atoms with Crippen LogP contribution in [0.4, 0.5) is 0 Å². The van der Waals surface area contributed by atoms with Gasteiger partial charge in [0.05, 0.1) is 6.07 Å². The fourth-order valence-electron chi connectivity index (χ4n) is 2.03. The van der Waals surface area contributed by atoms with Gasteiger partial charge >= 0.3 is 0 Å². The zero-order valence-corrected chi connectivity index (χ0v) is 8.88. The van der Waals surface area contributed by atoms with E-state index < -0.39 is 0 Å². The van der Waals surface area contributed by atoms with Crippen molar-refractivity contribution in [3.05, 3.63) is 0 Å². The van der Waals surface area contributed by atoms with E-state index in [9.17, 15) is 4.79 Å². The number of hydrogen-bond donors (Lipinski definition) is 2. The molecule has 1 aliphatic heterocycles. The van der Waals surface area contributed by atoms with E-state index in [1.54, 1.807) is 0 Å². The second kappa shape index (κ2) is 4.19. The average Bonchev–Trinajstić information content (AvgIpc) is 2.99. The number of nitrogens with zero attached hydrogens (tertiary/aromatic N) is 1. The molecule has 0 aromatic rings. The fourth-order valence-corrected chi connectivity index (χ4v) is 2.03. The standard InChI is InChI=1S/C11H17N3O/c12-6-5-11(3-4-11)8-14-9-1-2-10(15)13-7-9/h9,14H,1-5,7-8H2,(H,13,15). The Morgan fingerprint density at radius 1 is 1.60 bits per heavy atom. The van der Waals surface area contributed by atoms with E-state index in [2.05, 4.69) is 16.7 Å². The zero-order valence-electron chi connectivity index (χ0n) is 8.88. The molecule has 1 unspecified atom stereocenters. The predicted molar refractivity (Wildman–Crippen MR) is 55.9 cm³/mol. The monoisotopic (exact) mass is 207 g/mol.